The number of benzene rings is 2. The number of ether oxygens (including phenoxy) is 3. The van der Waals surface area contributed by atoms with Crippen molar-refractivity contribution < 1.29 is 28.2 Å². The quantitative estimate of drug-likeness (QED) is 0.575. The molecule has 0 N–H and O–H groups in total. The summed E-state index contributed by atoms with van der Waals surface area (Å²) >= 11 is 1.13. The maximum Gasteiger partial charge on any atom is 0.325 e. The molecule has 1 aromatic heterocycles. The zero-order chi connectivity index (χ0) is 21.0. The van der Waals surface area contributed by atoms with Gasteiger partial charge in [0.2, 0.25) is 0 Å². The molecule has 29 heavy (non-hydrogen) atoms. The smallest absolute Gasteiger partial charge is 0.325 e. The molecule has 0 unspecified atom stereocenters. The lowest BCUT2D eigenvalue weighted by molar-refractivity contribution is -0.141. The number of amides is 1. The van der Waals surface area contributed by atoms with Crippen molar-refractivity contribution >= 4 is 33.4 Å². The number of nitrogens with zero attached hydrogens (tertiary/aromatic N) is 2. The Morgan fingerprint density at radius 3 is 2.52 bits per heavy atom. The van der Waals surface area contributed by atoms with Crippen LogP contribution in [-0.2, 0) is 27.3 Å². The minimum Gasteiger partial charge on any atom is -0.493 e. The number of halogens is 1. The van der Waals surface area contributed by atoms with Gasteiger partial charge in [-0.05, 0) is 35.9 Å². The summed E-state index contributed by atoms with van der Waals surface area (Å²) < 4.78 is 30.8. The van der Waals surface area contributed by atoms with E-state index in [2.05, 4.69) is 4.99 Å². The van der Waals surface area contributed by atoms with Crippen molar-refractivity contribution in [3.63, 3.8) is 0 Å². The van der Waals surface area contributed by atoms with Crippen molar-refractivity contribution in [2.45, 2.75) is 13.0 Å². The Labute approximate surface area is 170 Å². The molecule has 1 heterocycles. The molecule has 0 spiro atoms. The van der Waals surface area contributed by atoms with Crippen LogP contribution in [0.25, 0.3) is 10.2 Å². The zero-order valence-corrected chi connectivity index (χ0v) is 16.9. The largest absolute Gasteiger partial charge is 0.493 e. The first-order valence-corrected chi connectivity index (χ1v) is 9.41. The Hall–Kier alpha value is -3.20. The van der Waals surface area contributed by atoms with E-state index in [9.17, 15) is 14.0 Å². The summed E-state index contributed by atoms with van der Waals surface area (Å²) in [4.78, 5) is 28.8. The SMILES string of the molecule is COC(=O)Cn1c(=NC(=O)Cc2ccc(OC)c(OC)c2)sc2cc(F)ccc21. The van der Waals surface area contributed by atoms with E-state index < -0.39 is 17.7 Å². The molecule has 0 aliphatic carbocycles. The summed E-state index contributed by atoms with van der Waals surface area (Å²) in [7, 11) is 4.32. The number of carbonyl (C=O) groups excluding carboxylic acids is 2. The van der Waals surface area contributed by atoms with E-state index in [1.807, 2.05) is 0 Å². The molecule has 152 valence electrons. The Balaban J connectivity index is 1.97. The van der Waals surface area contributed by atoms with Crippen LogP contribution in [0.5, 0.6) is 11.5 Å². The van der Waals surface area contributed by atoms with Gasteiger partial charge in [0.25, 0.3) is 5.91 Å². The second kappa shape index (κ2) is 8.87. The van der Waals surface area contributed by atoms with E-state index in [-0.39, 0.29) is 13.0 Å². The number of esters is 1. The van der Waals surface area contributed by atoms with Crippen molar-refractivity contribution in [2.75, 3.05) is 21.3 Å². The van der Waals surface area contributed by atoms with E-state index in [1.165, 1.54) is 38.0 Å². The fourth-order valence-electron chi connectivity index (χ4n) is 2.79. The van der Waals surface area contributed by atoms with Crippen molar-refractivity contribution in [3.8, 4) is 11.5 Å². The number of thiazole rings is 1. The first-order valence-electron chi connectivity index (χ1n) is 8.59. The van der Waals surface area contributed by atoms with Crippen LogP contribution in [-0.4, -0.2) is 37.8 Å². The number of hydrogen-bond donors (Lipinski definition) is 0. The van der Waals surface area contributed by atoms with Gasteiger partial charge in [0.15, 0.2) is 16.3 Å². The van der Waals surface area contributed by atoms with Crippen LogP contribution < -0.4 is 14.3 Å². The molecular formula is C20H19FN2O5S. The molecule has 0 aliphatic heterocycles. The highest BCUT2D eigenvalue weighted by atomic mass is 32.1. The molecule has 9 heteroatoms. The predicted molar refractivity (Wildman–Crippen MR) is 106 cm³/mol. The van der Waals surface area contributed by atoms with Gasteiger partial charge in [-0.25, -0.2) is 4.39 Å². The zero-order valence-electron chi connectivity index (χ0n) is 16.1. The van der Waals surface area contributed by atoms with Gasteiger partial charge in [-0.15, -0.1) is 0 Å². The van der Waals surface area contributed by atoms with Crippen molar-refractivity contribution in [2.24, 2.45) is 4.99 Å². The molecule has 3 rings (SSSR count). The predicted octanol–water partition coefficient (Wildman–Crippen LogP) is 2.70. The first kappa shape index (κ1) is 20.5. The molecule has 1 amide bonds. The molecule has 3 aromatic rings. The fraction of sp³-hybridized carbons (Fsp3) is 0.250. The van der Waals surface area contributed by atoms with Gasteiger partial charge in [0.05, 0.1) is 38.0 Å². The molecule has 7 nitrogen and oxygen atoms in total. The van der Waals surface area contributed by atoms with E-state index in [0.29, 0.717) is 32.1 Å². The second-order valence-corrected chi connectivity index (χ2v) is 7.04. The molecule has 0 atom stereocenters. The Morgan fingerprint density at radius 1 is 1.07 bits per heavy atom. The van der Waals surface area contributed by atoms with Crippen LogP contribution in [0, 0.1) is 5.82 Å². The van der Waals surface area contributed by atoms with Gasteiger partial charge < -0.3 is 18.8 Å². The van der Waals surface area contributed by atoms with Crippen molar-refractivity contribution in [3.05, 3.63) is 52.6 Å². The molecule has 0 radical (unpaired) electrons. The fourth-order valence-corrected chi connectivity index (χ4v) is 3.86. The van der Waals surface area contributed by atoms with E-state index >= 15 is 0 Å². The maximum absolute atomic E-state index is 13.6. The summed E-state index contributed by atoms with van der Waals surface area (Å²) in [5.41, 5.74) is 1.29. The third-order valence-electron chi connectivity index (χ3n) is 4.18. The normalized spacial score (nSPS) is 11.5. The second-order valence-electron chi connectivity index (χ2n) is 6.03. The first-order chi connectivity index (χ1) is 13.9. The van der Waals surface area contributed by atoms with Crippen molar-refractivity contribution in [1.29, 1.82) is 0 Å². The minimum atomic E-state index is -0.497. The molecule has 0 saturated carbocycles. The van der Waals surface area contributed by atoms with Crippen LogP contribution in [0.4, 0.5) is 4.39 Å². The van der Waals surface area contributed by atoms with Crippen LogP contribution in [0.15, 0.2) is 41.4 Å². The summed E-state index contributed by atoms with van der Waals surface area (Å²) in [5, 5.41) is 0. The highest BCUT2D eigenvalue weighted by Gasteiger charge is 2.13. The molecule has 0 bridgehead atoms. The van der Waals surface area contributed by atoms with Crippen LogP contribution in [0.1, 0.15) is 5.56 Å². The third-order valence-corrected chi connectivity index (χ3v) is 5.22. The number of carbonyl (C=O) groups is 2. The molecule has 0 aliphatic rings. The number of hydrogen-bond acceptors (Lipinski definition) is 6. The van der Waals surface area contributed by atoms with Gasteiger partial charge in [-0.3, -0.25) is 9.59 Å². The third kappa shape index (κ3) is 4.62. The van der Waals surface area contributed by atoms with E-state index in [4.69, 9.17) is 14.2 Å². The number of rotatable bonds is 6. The lowest BCUT2D eigenvalue weighted by Crippen LogP contribution is -2.22. The Bertz CT molecular complexity index is 1140. The molecular weight excluding hydrogens is 399 g/mol. The summed E-state index contributed by atoms with van der Waals surface area (Å²) in [6, 6.07) is 9.33. The number of methoxy groups -OCH3 is 3. The molecule has 0 fully saturated rings. The standard InChI is InChI=1S/C20H19FN2O5S/c1-26-15-7-4-12(8-16(15)27-2)9-18(24)22-20-23(11-19(25)28-3)14-6-5-13(21)10-17(14)29-20/h4-8,10H,9,11H2,1-3H3. The summed E-state index contributed by atoms with van der Waals surface area (Å²) in [6.45, 7) is -0.134. The monoisotopic (exact) mass is 418 g/mol. The lowest BCUT2D eigenvalue weighted by Gasteiger charge is -2.08. The average molecular weight is 418 g/mol. The summed E-state index contributed by atoms with van der Waals surface area (Å²) in [6.07, 6.45) is 0.0290. The highest BCUT2D eigenvalue weighted by Crippen LogP contribution is 2.27. The van der Waals surface area contributed by atoms with Crippen LogP contribution in [0.2, 0.25) is 0 Å². The van der Waals surface area contributed by atoms with Gasteiger partial charge in [-0.1, -0.05) is 17.4 Å². The van der Waals surface area contributed by atoms with Gasteiger partial charge >= 0.3 is 5.97 Å². The average Bonchev–Trinajstić information content (AvgIpc) is 3.03. The van der Waals surface area contributed by atoms with Gasteiger partial charge in [0.1, 0.15) is 12.4 Å². The Kier molecular flexibility index (Phi) is 6.28. The van der Waals surface area contributed by atoms with Gasteiger partial charge in [0, 0.05) is 0 Å². The molecule has 0 saturated heterocycles. The molecule has 2 aromatic carbocycles. The lowest BCUT2D eigenvalue weighted by atomic mass is 10.1. The summed E-state index contributed by atoms with van der Waals surface area (Å²) in [5.74, 6) is -0.253. The topological polar surface area (TPSA) is 79.1 Å². The van der Waals surface area contributed by atoms with E-state index in [0.717, 1.165) is 11.3 Å². The van der Waals surface area contributed by atoms with E-state index in [1.54, 1.807) is 24.3 Å². The van der Waals surface area contributed by atoms with Gasteiger partial charge in [-0.2, -0.15) is 4.99 Å². The highest BCUT2D eigenvalue weighted by molar-refractivity contribution is 7.16. The number of aromatic nitrogens is 1. The van der Waals surface area contributed by atoms with Crippen LogP contribution in [0.3, 0.4) is 0 Å². The van der Waals surface area contributed by atoms with Crippen LogP contribution >= 0.6 is 11.3 Å². The van der Waals surface area contributed by atoms with Crippen molar-refractivity contribution in [1.82, 2.24) is 4.57 Å². The Morgan fingerprint density at radius 2 is 1.83 bits per heavy atom. The maximum atomic E-state index is 13.6. The number of fused-ring (bicyclic) bond motifs is 1. The minimum absolute atomic E-state index is 0.0290.